The van der Waals surface area contributed by atoms with E-state index in [0.29, 0.717) is 12.1 Å². The summed E-state index contributed by atoms with van der Waals surface area (Å²) in [7, 11) is 0. The van der Waals surface area contributed by atoms with E-state index in [2.05, 4.69) is 48.5 Å². The van der Waals surface area contributed by atoms with Gasteiger partial charge in [0.15, 0.2) is 0 Å². The Morgan fingerprint density at radius 2 is 1.62 bits per heavy atom. The van der Waals surface area contributed by atoms with E-state index in [4.69, 9.17) is 0 Å². The molecule has 3 heteroatoms. The molecule has 1 N–H and O–H groups in total. The molecule has 3 nitrogen and oxygen atoms in total. The van der Waals surface area contributed by atoms with E-state index in [-0.39, 0.29) is 5.91 Å². The molecule has 0 bridgehead atoms. The van der Waals surface area contributed by atoms with Gasteiger partial charge in [-0.15, -0.1) is 0 Å². The molecule has 0 unspecified atom stereocenters. The average molecular weight is 380 g/mol. The SMILES string of the molecule is CC[C@@]1(C#Cc2ccccc2)c2ccccc2CCN1NC(=O)c1ccccc1. The van der Waals surface area contributed by atoms with E-state index >= 15 is 0 Å². The lowest BCUT2D eigenvalue weighted by atomic mass is 9.80. The molecule has 0 fully saturated rings. The van der Waals surface area contributed by atoms with Gasteiger partial charge in [0.2, 0.25) is 0 Å². The number of benzene rings is 3. The molecule has 3 aromatic rings. The van der Waals surface area contributed by atoms with Gasteiger partial charge in [0, 0.05) is 17.7 Å². The van der Waals surface area contributed by atoms with Gasteiger partial charge in [0.25, 0.3) is 5.91 Å². The first-order valence-electron chi connectivity index (χ1n) is 10.0. The molecular formula is C26H24N2O. The van der Waals surface area contributed by atoms with Crippen LogP contribution in [0, 0.1) is 11.8 Å². The second kappa shape index (κ2) is 8.34. The van der Waals surface area contributed by atoms with E-state index in [9.17, 15) is 4.79 Å². The summed E-state index contributed by atoms with van der Waals surface area (Å²) in [4.78, 5) is 12.9. The minimum Gasteiger partial charge on any atom is -0.283 e. The molecule has 1 aliphatic rings. The summed E-state index contributed by atoms with van der Waals surface area (Å²) in [5, 5.41) is 2.03. The van der Waals surface area contributed by atoms with Crippen LogP contribution in [-0.4, -0.2) is 17.5 Å². The van der Waals surface area contributed by atoms with Crippen molar-refractivity contribution in [1.82, 2.24) is 10.4 Å². The zero-order chi connectivity index (χ0) is 20.1. The van der Waals surface area contributed by atoms with Gasteiger partial charge >= 0.3 is 0 Å². The van der Waals surface area contributed by atoms with E-state index in [1.54, 1.807) is 0 Å². The van der Waals surface area contributed by atoms with Crippen molar-refractivity contribution in [3.8, 4) is 11.8 Å². The predicted octanol–water partition coefficient (Wildman–Crippen LogP) is 4.55. The highest BCUT2D eigenvalue weighted by Crippen LogP contribution is 2.37. The van der Waals surface area contributed by atoms with Gasteiger partial charge in [-0.05, 0) is 48.2 Å². The Bertz CT molecular complexity index is 1050. The van der Waals surface area contributed by atoms with Crippen LogP contribution in [0.4, 0.5) is 0 Å². The molecule has 0 aliphatic carbocycles. The van der Waals surface area contributed by atoms with Crippen molar-refractivity contribution >= 4 is 5.91 Å². The largest absolute Gasteiger partial charge is 0.283 e. The van der Waals surface area contributed by atoms with Gasteiger partial charge in [-0.1, -0.05) is 79.4 Å². The van der Waals surface area contributed by atoms with Crippen LogP contribution in [-0.2, 0) is 12.0 Å². The molecule has 0 aromatic heterocycles. The highest BCUT2D eigenvalue weighted by molar-refractivity contribution is 5.93. The summed E-state index contributed by atoms with van der Waals surface area (Å²) < 4.78 is 0. The Morgan fingerprint density at radius 3 is 2.34 bits per heavy atom. The predicted molar refractivity (Wildman–Crippen MR) is 116 cm³/mol. The smallest absolute Gasteiger partial charge is 0.265 e. The number of amides is 1. The Kier molecular flexibility index (Phi) is 5.46. The zero-order valence-corrected chi connectivity index (χ0v) is 16.6. The second-order valence-corrected chi connectivity index (χ2v) is 7.20. The summed E-state index contributed by atoms with van der Waals surface area (Å²) in [6.45, 7) is 2.84. The number of carbonyl (C=O) groups is 1. The highest BCUT2D eigenvalue weighted by atomic mass is 16.2. The van der Waals surface area contributed by atoms with Crippen molar-refractivity contribution in [1.29, 1.82) is 0 Å². The third kappa shape index (κ3) is 3.81. The van der Waals surface area contributed by atoms with Gasteiger partial charge in [-0.3, -0.25) is 10.2 Å². The molecule has 144 valence electrons. The fraction of sp³-hybridized carbons (Fsp3) is 0.192. The monoisotopic (exact) mass is 380 g/mol. The highest BCUT2D eigenvalue weighted by Gasteiger charge is 2.41. The number of rotatable bonds is 3. The summed E-state index contributed by atoms with van der Waals surface area (Å²) in [6, 6.07) is 27.8. The quantitative estimate of drug-likeness (QED) is 0.676. The Morgan fingerprint density at radius 1 is 0.966 bits per heavy atom. The van der Waals surface area contributed by atoms with Gasteiger partial charge in [-0.25, -0.2) is 0 Å². The van der Waals surface area contributed by atoms with Crippen molar-refractivity contribution in [2.24, 2.45) is 0 Å². The number of hydrogen-bond acceptors (Lipinski definition) is 2. The number of nitrogens with zero attached hydrogens (tertiary/aromatic N) is 1. The minimum absolute atomic E-state index is 0.107. The maximum atomic E-state index is 12.9. The molecule has 0 spiro atoms. The summed E-state index contributed by atoms with van der Waals surface area (Å²) in [5.74, 6) is 6.77. The van der Waals surface area contributed by atoms with E-state index in [1.807, 2.05) is 65.7 Å². The molecule has 1 atom stereocenters. The van der Waals surface area contributed by atoms with E-state index in [0.717, 1.165) is 18.4 Å². The standard InChI is InChI=1S/C26H24N2O/c1-2-26(19-17-21-11-5-3-6-12-21)24-16-10-9-13-22(24)18-20-28(26)27-25(29)23-14-7-4-8-15-23/h3-16H,2,18,20H2,1H3,(H,27,29)/t26-/m1/s1. The van der Waals surface area contributed by atoms with Crippen molar-refractivity contribution in [2.75, 3.05) is 6.54 Å². The third-order valence-electron chi connectivity index (χ3n) is 5.50. The number of hydrogen-bond donors (Lipinski definition) is 1. The number of nitrogens with one attached hydrogen (secondary N) is 1. The third-order valence-corrected chi connectivity index (χ3v) is 5.50. The molecule has 0 radical (unpaired) electrons. The fourth-order valence-corrected chi connectivity index (χ4v) is 3.94. The fourth-order valence-electron chi connectivity index (χ4n) is 3.94. The molecule has 1 aliphatic heterocycles. The molecule has 29 heavy (non-hydrogen) atoms. The van der Waals surface area contributed by atoms with Crippen LogP contribution in [0.2, 0.25) is 0 Å². The molecule has 0 saturated heterocycles. The molecule has 0 saturated carbocycles. The first kappa shape index (κ1) is 19.0. The van der Waals surface area contributed by atoms with Crippen LogP contribution in [0.5, 0.6) is 0 Å². The zero-order valence-electron chi connectivity index (χ0n) is 16.6. The Balaban J connectivity index is 1.75. The minimum atomic E-state index is -0.574. The number of fused-ring (bicyclic) bond motifs is 1. The molecular weight excluding hydrogens is 356 g/mol. The lowest BCUT2D eigenvalue weighted by Crippen LogP contribution is -2.57. The van der Waals surface area contributed by atoms with Gasteiger partial charge in [0.05, 0.1) is 0 Å². The molecule has 4 rings (SSSR count). The van der Waals surface area contributed by atoms with Crippen molar-refractivity contribution in [3.63, 3.8) is 0 Å². The lowest BCUT2D eigenvalue weighted by Gasteiger charge is -2.44. The maximum absolute atomic E-state index is 12.9. The average Bonchev–Trinajstić information content (AvgIpc) is 2.79. The van der Waals surface area contributed by atoms with Gasteiger partial charge < -0.3 is 0 Å². The first-order chi connectivity index (χ1) is 14.2. The number of hydrazine groups is 1. The Hall–Kier alpha value is -3.35. The van der Waals surface area contributed by atoms with Crippen molar-refractivity contribution in [2.45, 2.75) is 25.3 Å². The molecule has 3 aromatic carbocycles. The summed E-state index contributed by atoms with van der Waals surface area (Å²) in [5.41, 5.74) is 6.65. The number of carbonyl (C=O) groups excluding carboxylic acids is 1. The molecule has 1 amide bonds. The van der Waals surface area contributed by atoms with Crippen LogP contribution in [0.15, 0.2) is 84.9 Å². The van der Waals surface area contributed by atoms with Gasteiger partial charge in [0.1, 0.15) is 5.54 Å². The van der Waals surface area contributed by atoms with Gasteiger partial charge in [-0.2, -0.15) is 5.01 Å². The van der Waals surface area contributed by atoms with Crippen molar-refractivity contribution in [3.05, 3.63) is 107 Å². The van der Waals surface area contributed by atoms with E-state index < -0.39 is 5.54 Å². The van der Waals surface area contributed by atoms with Crippen LogP contribution >= 0.6 is 0 Å². The molecule has 1 heterocycles. The van der Waals surface area contributed by atoms with Crippen LogP contribution < -0.4 is 5.43 Å². The van der Waals surface area contributed by atoms with Crippen LogP contribution in [0.1, 0.15) is 40.4 Å². The second-order valence-electron chi connectivity index (χ2n) is 7.20. The maximum Gasteiger partial charge on any atom is 0.265 e. The van der Waals surface area contributed by atoms with Crippen molar-refractivity contribution < 1.29 is 4.79 Å². The van der Waals surface area contributed by atoms with Crippen LogP contribution in [0.3, 0.4) is 0 Å². The lowest BCUT2D eigenvalue weighted by molar-refractivity contribution is 0.0444. The topological polar surface area (TPSA) is 32.3 Å². The van der Waals surface area contributed by atoms with E-state index in [1.165, 1.54) is 11.1 Å². The summed E-state index contributed by atoms with van der Waals surface area (Å²) >= 11 is 0. The Labute approximate surface area is 172 Å². The normalized spacial score (nSPS) is 18.2. The first-order valence-corrected chi connectivity index (χ1v) is 10.0. The summed E-state index contributed by atoms with van der Waals surface area (Å²) in [6.07, 6.45) is 1.64. The van der Waals surface area contributed by atoms with Crippen LogP contribution in [0.25, 0.3) is 0 Å².